The second kappa shape index (κ2) is 8.36. The molecule has 0 saturated heterocycles. The van der Waals surface area contributed by atoms with Gasteiger partial charge in [-0.05, 0) is 37.3 Å². The molecule has 2 heterocycles. The predicted molar refractivity (Wildman–Crippen MR) is 102 cm³/mol. The average molecular weight is 472 g/mol. The number of aryl methyl sites for hydroxylation is 1. The van der Waals surface area contributed by atoms with Crippen LogP contribution in [0.5, 0.6) is 0 Å². The molecule has 1 aromatic carbocycles. The molecule has 0 unspecified atom stereocenters. The van der Waals surface area contributed by atoms with Crippen molar-refractivity contribution in [2.75, 3.05) is 5.32 Å². The van der Waals surface area contributed by atoms with Crippen LogP contribution in [0, 0.1) is 6.92 Å². The number of aromatic nitrogens is 2. The summed E-state index contributed by atoms with van der Waals surface area (Å²) in [5, 5.41) is 6.81. The molecule has 3 aromatic rings. The number of nitrogens with zero attached hydrogens (tertiary/aromatic N) is 2. The lowest BCUT2D eigenvalue weighted by Crippen LogP contribution is -2.15. The van der Waals surface area contributed by atoms with Gasteiger partial charge in [-0.25, -0.2) is 4.98 Å². The fourth-order valence-electron chi connectivity index (χ4n) is 2.33. The number of hydrogen-bond donors (Lipinski definition) is 1. The quantitative estimate of drug-likeness (QED) is 0.483. The average Bonchev–Trinajstić information content (AvgIpc) is 3.06. The Morgan fingerprint density at radius 3 is 2.75 bits per heavy atom. The molecule has 0 aliphatic heterocycles. The highest BCUT2D eigenvalue weighted by molar-refractivity contribution is 9.10. The van der Waals surface area contributed by atoms with Gasteiger partial charge in [0.05, 0.1) is 16.8 Å². The minimum absolute atomic E-state index is 0.0347. The van der Waals surface area contributed by atoms with Crippen LogP contribution in [0.3, 0.4) is 0 Å². The van der Waals surface area contributed by atoms with Gasteiger partial charge >= 0.3 is 6.18 Å². The van der Waals surface area contributed by atoms with Crippen LogP contribution in [0.1, 0.15) is 27.4 Å². The highest BCUT2D eigenvalue weighted by Crippen LogP contribution is 2.36. The van der Waals surface area contributed by atoms with Gasteiger partial charge in [0, 0.05) is 28.2 Å². The summed E-state index contributed by atoms with van der Waals surface area (Å²) in [5.74, 6) is 0.554. The number of amides is 1. The minimum atomic E-state index is -4.54. The highest BCUT2D eigenvalue weighted by atomic mass is 79.9. The van der Waals surface area contributed by atoms with E-state index in [0.717, 1.165) is 6.07 Å². The fraction of sp³-hybridized carbons (Fsp3) is 0.167. The van der Waals surface area contributed by atoms with Gasteiger partial charge in [0.15, 0.2) is 0 Å². The number of thioether (sulfide) groups is 1. The first-order valence-electron chi connectivity index (χ1n) is 7.92. The number of carbonyl (C=O) groups excluding carboxylic acids is 1. The number of rotatable bonds is 5. The Bertz CT molecular complexity index is 1010. The van der Waals surface area contributed by atoms with Crippen LogP contribution < -0.4 is 5.32 Å². The molecule has 0 saturated carbocycles. The van der Waals surface area contributed by atoms with Gasteiger partial charge < -0.3 is 9.84 Å². The summed E-state index contributed by atoms with van der Waals surface area (Å²) in [6.07, 6.45) is -3.00. The lowest BCUT2D eigenvalue weighted by atomic mass is 10.2. The highest BCUT2D eigenvalue weighted by Gasteiger charge is 2.33. The van der Waals surface area contributed by atoms with Crippen LogP contribution in [0.2, 0.25) is 0 Å². The van der Waals surface area contributed by atoms with Crippen LogP contribution in [-0.4, -0.2) is 16.0 Å². The molecule has 0 aliphatic rings. The Hall–Kier alpha value is -2.33. The Labute approximate surface area is 170 Å². The Morgan fingerprint density at radius 1 is 1.29 bits per heavy atom. The van der Waals surface area contributed by atoms with Gasteiger partial charge in [-0.1, -0.05) is 32.8 Å². The third kappa shape index (κ3) is 4.93. The number of hydrogen-bond acceptors (Lipinski definition) is 5. The second-order valence-corrected chi connectivity index (χ2v) is 7.54. The van der Waals surface area contributed by atoms with Crippen molar-refractivity contribution in [3.8, 4) is 0 Å². The van der Waals surface area contributed by atoms with Gasteiger partial charge in [-0.15, -0.1) is 0 Å². The van der Waals surface area contributed by atoms with Crippen LogP contribution in [-0.2, 0) is 11.9 Å². The van der Waals surface area contributed by atoms with E-state index in [1.165, 1.54) is 30.1 Å². The second-order valence-electron chi connectivity index (χ2n) is 5.72. The van der Waals surface area contributed by atoms with E-state index in [0.29, 0.717) is 22.2 Å². The van der Waals surface area contributed by atoms with Crippen molar-refractivity contribution in [3.05, 3.63) is 69.6 Å². The summed E-state index contributed by atoms with van der Waals surface area (Å²) < 4.78 is 44.0. The van der Waals surface area contributed by atoms with Crippen molar-refractivity contribution >= 4 is 39.3 Å². The molecule has 5 nitrogen and oxygen atoms in total. The number of halogens is 4. The smallest absolute Gasteiger partial charge is 0.361 e. The molecule has 0 atom stereocenters. The third-order valence-corrected chi connectivity index (χ3v) is 5.31. The standard InChI is InChI=1S/C18H13BrF3N3O2S/c1-10-7-12(25-27-10)9-28-17-13(3-2-6-23-17)16(26)24-11-4-5-15(19)14(8-11)18(20,21)22/h2-8H,9H2,1H3,(H,24,26). The Morgan fingerprint density at radius 2 is 2.07 bits per heavy atom. The zero-order valence-corrected chi connectivity index (χ0v) is 16.8. The normalized spacial score (nSPS) is 11.5. The molecule has 0 fully saturated rings. The number of nitrogens with one attached hydrogen (secondary N) is 1. The number of anilines is 1. The molecule has 10 heteroatoms. The lowest BCUT2D eigenvalue weighted by Gasteiger charge is -2.13. The summed E-state index contributed by atoms with van der Waals surface area (Å²) in [6, 6.07) is 8.42. The van der Waals surface area contributed by atoms with Gasteiger partial charge in [0.2, 0.25) is 0 Å². The fourth-order valence-corrected chi connectivity index (χ4v) is 3.67. The summed E-state index contributed by atoms with van der Waals surface area (Å²) >= 11 is 4.15. The number of benzene rings is 1. The molecule has 1 N–H and O–H groups in total. The number of alkyl halides is 3. The van der Waals surface area contributed by atoms with Crippen molar-refractivity contribution in [2.45, 2.75) is 23.9 Å². The van der Waals surface area contributed by atoms with E-state index in [-0.39, 0.29) is 15.7 Å². The third-order valence-electron chi connectivity index (χ3n) is 3.58. The van der Waals surface area contributed by atoms with E-state index in [9.17, 15) is 18.0 Å². The molecular formula is C18H13BrF3N3O2S. The van der Waals surface area contributed by atoms with Crippen molar-refractivity contribution in [3.63, 3.8) is 0 Å². The molecular weight excluding hydrogens is 459 g/mol. The monoisotopic (exact) mass is 471 g/mol. The van der Waals surface area contributed by atoms with Gasteiger partial charge in [0.1, 0.15) is 10.8 Å². The summed E-state index contributed by atoms with van der Waals surface area (Å²) in [6.45, 7) is 1.77. The number of pyridine rings is 1. The first-order chi connectivity index (χ1) is 13.2. The van der Waals surface area contributed by atoms with Gasteiger partial charge in [0.25, 0.3) is 5.91 Å². The van der Waals surface area contributed by atoms with E-state index in [4.69, 9.17) is 4.52 Å². The van der Waals surface area contributed by atoms with Crippen molar-refractivity contribution in [1.29, 1.82) is 0 Å². The van der Waals surface area contributed by atoms with E-state index in [1.54, 1.807) is 25.1 Å². The van der Waals surface area contributed by atoms with E-state index in [1.807, 2.05) is 0 Å². The summed E-state index contributed by atoms with van der Waals surface area (Å²) in [7, 11) is 0. The molecule has 2 aromatic heterocycles. The summed E-state index contributed by atoms with van der Waals surface area (Å²) in [5.41, 5.74) is 0.117. The maximum Gasteiger partial charge on any atom is 0.417 e. The van der Waals surface area contributed by atoms with Crippen LogP contribution in [0.4, 0.5) is 18.9 Å². The zero-order valence-electron chi connectivity index (χ0n) is 14.4. The molecule has 0 aliphatic carbocycles. The Balaban J connectivity index is 1.78. The molecule has 0 bridgehead atoms. The SMILES string of the molecule is Cc1cc(CSc2ncccc2C(=O)Nc2ccc(Br)c(C(F)(F)F)c2)no1. The zero-order chi connectivity index (χ0) is 20.3. The molecule has 146 valence electrons. The largest absolute Gasteiger partial charge is 0.417 e. The van der Waals surface area contributed by atoms with Crippen molar-refractivity contribution < 1.29 is 22.5 Å². The molecule has 0 radical (unpaired) electrons. The van der Waals surface area contributed by atoms with Crippen LogP contribution in [0.15, 0.2) is 56.6 Å². The van der Waals surface area contributed by atoms with Crippen LogP contribution in [0.25, 0.3) is 0 Å². The van der Waals surface area contributed by atoms with Gasteiger partial charge in [-0.2, -0.15) is 13.2 Å². The topological polar surface area (TPSA) is 68.0 Å². The van der Waals surface area contributed by atoms with E-state index < -0.39 is 17.6 Å². The first-order valence-corrected chi connectivity index (χ1v) is 9.70. The Kier molecular flexibility index (Phi) is 6.09. The molecule has 0 spiro atoms. The molecule has 1 amide bonds. The minimum Gasteiger partial charge on any atom is -0.361 e. The predicted octanol–water partition coefficient (Wildman–Crippen LogP) is 5.70. The summed E-state index contributed by atoms with van der Waals surface area (Å²) in [4.78, 5) is 16.8. The van der Waals surface area contributed by atoms with Gasteiger partial charge in [-0.3, -0.25) is 4.79 Å². The molecule has 28 heavy (non-hydrogen) atoms. The lowest BCUT2D eigenvalue weighted by molar-refractivity contribution is -0.138. The van der Waals surface area contributed by atoms with E-state index >= 15 is 0 Å². The van der Waals surface area contributed by atoms with Crippen molar-refractivity contribution in [1.82, 2.24) is 10.1 Å². The molecule has 3 rings (SSSR count). The maximum atomic E-state index is 13.0. The first kappa shape index (κ1) is 20.4. The van der Waals surface area contributed by atoms with Crippen LogP contribution >= 0.6 is 27.7 Å². The van der Waals surface area contributed by atoms with E-state index in [2.05, 4.69) is 31.4 Å². The maximum absolute atomic E-state index is 13.0. The number of carbonyl (C=O) groups is 1. The van der Waals surface area contributed by atoms with Crippen molar-refractivity contribution in [2.24, 2.45) is 0 Å².